The Hall–Kier alpha value is -3.48. The van der Waals surface area contributed by atoms with E-state index in [9.17, 15) is 40.7 Å². The molecule has 0 saturated carbocycles. The van der Waals surface area contributed by atoms with Crippen LogP contribution in [-0.2, 0) is 41.6 Å². The number of hydrogen-bond acceptors (Lipinski definition) is 11. The molecule has 0 aliphatic carbocycles. The molecule has 3 rings (SSSR count). The van der Waals surface area contributed by atoms with Crippen molar-refractivity contribution in [2.75, 3.05) is 14.2 Å². The minimum absolute atomic E-state index is 0. The van der Waals surface area contributed by atoms with E-state index in [2.05, 4.69) is 25.4 Å². The van der Waals surface area contributed by atoms with Crippen LogP contribution < -0.4 is 43.8 Å². The molecule has 348 valence electrons. The van der Waals surface area contributed by atoms with Crippen molar-refractivity contribution in [1.29, 1.82) is 10.5 Å². The largest absolute Gasteiger partial charge is 1.00 e. The van der Waals surface area contributed by atoms with Crippen LogP contribution >= 0.6 is 56.4 Å². The Bertz CT molecular complexity index is 1990. The van der Waals surface area contributed by atoms with Gasteiger partial charge in [-0.05, 0) is 75.4 Å². The molecule has 0 spiro atoms. The molecule has 0 amide bonds. The van der Waals surface area contributed by atoms with Crippen LogP contribution in [0.5, 0.6) is 17.2 Å². The summed E-state index contributed by atoms with van der Waals surface area (Å²) in [4.78, 5) is 33.2. The molecule has 0 aromatic heterocycles. The summed E-state index contributed by atoms with van der Waals surface area (Å²) < 4.78 is 108. The Kier molecular flexibility index (Phi) is 34.2. The van der Waals surface area contributed by atoms with E-state index in [-0.39, 0.29) is 116 Å². The summed E-state index contributed by atoms with van der Waals surface area (Å²) in [5, 5.41) is 26.3. The maximum Gasteiger partial charge on any atom is 1.00 e. The number of nitriles is 2. The Morgan fingerprint density at radius 3 is 1.17 bits per heavy atom. The summed E-state index contributed by atoms with van der Waals surface area (Å²) in [5.74, 6) is -12.3. The zero-order valence-corrected chi connectivity index (χ0v) is 42.3. The van der Waals surface area contributed by atoms with Gasteiger partial charge in [0.15, 0.2) is 18.3 Å². The first-order valence-electron chi connectivity index (χ1n) is 17.4. The molecule has 0 unspecified atom stereocenters. The van der Waals surface area contributed by atoms with Crippen molar-refractivity contribution >= 4 is 74.3 Å². The molecule has 2 N–H and O–H groups in total. The van der Waals surface area contributed by atoms with Gasteiger partial charge in [0.1, 0.15) is 17.2 Å². The first-order chi connectivity index (χ1) is 27.0. The minimum atomic E-state index is -3.18. The van der Waals surface area contributed by atoms with Crippen molar-refractivity contribution in [1.82, 2.24) is 0 Å². The van der Waals surface area contributed by atoms with E-state index in [4.69, 9.17) is 29.8 Å². The number of aliphatic carboxylic acids is 1. The molecule has 0 saturated heterocycles. The molecule has 0 aliphatic rings. The fourth-order valence-corrected chi connectivity index (χ4v) is 4.85. The van der Waals surface area contributed by atoms with Crippen LogP contribution in [-0.4, -0.2) is 61.0 Å². The second-order valence-electron chi connectivity index (χ2n) is 12.1. The Morgan fingerprint density at radius 2 is 0.905 bits per heavy atom. The number of hydrogen-bond donors (Lipinski definition) is 1. The minimum Gasteiger partial charge on any atom is -0.870 e. The fourth-order valence-electron chi connectivity index (χ4n) is 4.49. The maximum atomic E-state index is 13.9. The normalized spacial score (nSPS) is 11.6. The summed E-state index contributed by atoms with van der Waals surface area (Å²) in [7, 11) is 2.40. The molecular weight excluding hydrogens is 982 g/mol. The van der Waals surface area contributed by atoms with Crippen molar-refractivity contribution in [3.05, 3.63) is 86.9 Å². The average molecular weight is 1030 g/mol. The predicted octanol–water partition coefficient (Wildman–Crippen LogP) is 6.97. The summed E-state index contributed by atoms with van der Waals surface area (Å²) >= 11 is 3.15. The molecule has 0 heterocycles. The van der Waals surface area contributed by atoms with E-state index >= 15 is 0 Å². The first-order valence-corrected chi connectivity index (χ1v) is 18.2. The van der Waals surface area contributed by atoms with Crippen molar-refractivity contribution < 1.29 is 105 Å². The third-order valence-corrected chi connectivity index (χ3v) is 8.49. The fraction of sp³-hybridized carbons (Fsp3) is 0.425. The van der Waals surface area contributed by atoms with Gasteiger partial charge in [-0.2, -0.15) is 51.0 Å². The number of carbonyl (C=O) groups is 3. The molecule has 3 aromatic rings. The summed E-state index contributed by atoms with van der Waals surface area (Å²) in [5.41, 5.74) is -0.957. The standard InChI is InChI=1S/C14H15F2NO3.C13H15BrF2O3.C13H13F2NO3.Na.H2O.3H2S/c1-4-14(15,16)11-7-10(8-17)5-6-12(11)20-9(2)13(18)19-3;1-4-13(15,16)10-7-9(14)5-6-11(10)19-8(2)12(17)18-3;1-3-13(14,15)10-6-9(7-16)4-5-11(10)19-8(2)12(17)18;;;;;/h5-7,9H,4H2,1-3H3;5-8H,4H2,1-3H3;4-6,8H,3H2,1-2H3,(H,17,18);;4*1H2/q;;;+1;;;;/p-1/t9-;2*8-;;;;;/m000...../s1. The molecule has 0 aliphatic heterocycles. The second-order valence-corrected chi connectivity index (χ2v) is 13.0. The molecule has 0 bridgehead atoms. The van der Waals surface area contributed by atoms with E-state index in [1.165, 1.54) is 92.2 Å². The Balaban J connectivity index is -0.000000257. The van der Waals surface area contributed by atoms with E-state index in [0.29, 0.717) is 4.47 Å². The number of nitrogens with zero attached hydrogens (tertiary/aromatic N) is 2. The number of esters is 2. The number of ether oxygens (including phenoxy) is 5. The molecule has 63 heavy (non-hydrogen) atoms. The zero-order valence-electron chi connectivity index (χ0n) is 35.8. The molecule has 3 atom stereocenters. The quantitative estimate of drug-likeness (QED) is 0.0935. The topological polar surface area (TPSA) is 195 Å². The summed E-state index contributed by atoms with van der Waals surface area (Å²) in [6.07, 6.45) is -4.48. The molecule has 12 nitrogen and oxygen atoms in total. The van der Waals surface area contributed by atoms with Crippen LogP contribution in [0.4, 0.5) is 26.3 Å². The van der Waals surface area contributed by atoms with Crippen molar-refractivity contribution in [3.8, 4) is 29.4 Å². The molecule has 0 fully saturated rings. The predicted molar refractivity (Wildman–Crippen MR) is 234 cm³/mol. The number of halogens is 7. The van der Waals surface area contributed by atoms with Crippen molar-refractivity contribution in [3.63, 3.8) is 0 Å². The van der Waals surface area contributed by atoms with Gasteiger partial charge in [-0.3, -0.25) is 0 Å². The van der Waals surface area contributed by atoms with Crippen molar-refractivity contribution in [2.24, 2.45) is 0 Å². The van der Waals surface area contributed by atoms with Crippen LogP contribution in [0, 0.1) is 22.7 Å². The van der Waals surface area contributed by atoms with E-state index in [1.54, 1.807) is 18.2 Å². The van der Waals surface area contributed by atoms with Gasteiger partial charge >= 0.3 is 47.5 Å². The second kappa shape index (κ2) is 31.4. The first kappa shape index (κ1) is 68.6. The van der Waals surface area contributed by atoms with Crippen LogP contribution in [0.3, 0.4) is 0 Å². The molecule has 23 heteroatoms. The maximum absolute atomic E-state index is 13.9. The molecule has 3 aromatic carbocycles. The number of methoxy groups -OCH3 is 2. The summed E-state index contributed by atoms with van der Waals surface area (Å²) in [6, 6.07) is 15.0. The number of alkyl halides is 6. The molecular formula is C40H50BrF6N2NaO10S3. The van der Waals surface area contributed by atoms with Gasteiger partial charge in [0, 0.05) is 23.7 Å². The van der Waals surface area contributed by atoms with Crippen LogP contribution in [0.25, 0.3) is 0 Å². The number of benzene rings is 3. The van der Waals surface area contributed by atoms with Crippen molar-refractivity contribution in [2.45, 2.75) is 96.9 Å². The van der Waals surface area contributed by atoms with Gasteiger partial charge in [0.25, 0.3) is 17.8 Å². The smallest absolute Gasteiger partial charge is 0.870 e. The third-order valence-electron chi connectivity index (χ3n) is 8.00. The van der Waals surface area contributed by atoms with Crippen LogP contribution in [0.2, 0.25) is 0 Å². The molecule has 0 radical (unpaired) electrons. The van der Waals surface area contributed by atoms with E-state index in [1.807, 2.05) is 0 Å². The number of carboxylic acids is 1. The van der Waals surface area contributed by atoms with Gasteiger partial charge in [0.2, 0.25) is 0 Å². The Morgan fingerprint density at radius 1 is 0.619 bits per heavy atom. The van der Waals surface area contributed by atoms with Crippen LogP contribution in [0.1, 0.15) is 88.6 Å². The van der Waals surface area contributed by atoms with Gasteiger partial charge in [-0.1, -0.05) is 36.7 Å². The monoisotopic (exact) mass is 1030 g/mol. The number of rotatable bonds is 15. The van der Waals surface area contributed by atoms with Gasteiger partial charge in [-0.25, -0.2) is 40.7 Å². The SMILES string of the molecule is CCC(F)(F)c1cc(Br)ccc1O[C@@H](C)C(=O)OC.CCC(F)(F)c1cc(C#N)ccc1O[C@@H](C)C(=O)O.CCC(F)(F)c1cc(C#N)ccc1O[C@@H](C)C(=O)OC.S.S.S.[Na+].[OH-]. The zero-order chi connectivity index (χ0) is 44.6. The number of carboxylic acid groups (broad SMARTS) is 1. The van der Waals surface area contributed by atoms with Gasteiger partial charge in [-0.15, -0.1) is 0 Å². The number of carbonyl (C=O) groups excluding carboxylic acids is 2. The van der Waals surface area contributed by atoms with Gasteiger partial charge in [0.05, 0.1) is 54.2 Å². The van der Waals surface area contributed by atoms with E-state index in [0.717, 1.165) is 12.1 Å². The third kappa shape index (κ3) is 20.9. The summed E-state index contributed by atoms with van der Waals surface area (Å²) in [6.45, 7) is 8.10. The Labute approximate surface area is 414 Å². The van der Waals surface area contributed by atoms with Crippen LogP contribution in [0.15, 0.2) is 59.1 Å². The van der Waals surface area contributed by atoms with E-state index < -0.39 is 78.0 Å². The average Bonchev–Trinajstić information content (AvgIpc) is 3.21. The van der Waals surface area contributed by atoms with Gasteiger partial charge < -0.3 is 34.3 Å².